The molecule has 3 aliphatic heterocycles. The fourth-order valence-electron chi connectivity index (χ4n) is 4.64. The van der Waals surface area contributed by atoms with Crippen molar-refractivity contribution < 1.29 is 14.3 Å². The molecule has 2 bridgehead atoms. The third kappa shape index (κ3) is 4.96. The van der Waals surface area contributed by atoms with Gasteiger partial charge in [0.15, 0.2) is 0 Å². The zero-order valence-corrected chi connectivity index (χ0v) is 20.7. The van der Waals surface area contributed by atoms with E-state index in [9.17, 15) is 9.59 Å². The van der Waals surface area contributed by atoms with Gasteiger partial charge in [-0.15, -0.1) is 0 Å². The molecule has 0 aliphatic carbocycles. The second-order valence-corrected chi connectivity index (χ2v) is 10.5. The SMILES string of the molecule is CN(C)C(=O)c1ccc(-c2ccc(N3CC4CCC3CN4C(=O)OC(C)(C)C)cc2)cc1Cl. The fraction of sp³-hybridized carbons (Fsp3) is 0.462. The van der Waals surface area contributed by atoms with Crippen molar-refractivity contribution in [2.45, 2.75) is 51.3 Å². The summed E-state index contributed by atoms with van der Waals surface area (Å²) in [6, 6.07) is 14.4. The highest BCUT2D eigenvalue weighted by molar-refractivity contribution is 6.34. The first kappa shape index (κ1) is 23.4. The lowest BCUT2D eigenvalue weighted by Crippen LogP contribution is -2.64. The first-order valence-electron chi connectivity index (χ1n) is 11.4. The number of hydrogen-bond donors (Lipinski definition) is 0. The minimum absolute atomic E-state index is 0.109. The molecule has 3 fully saturated rings. The Labute approximate surface area is 201 Å². The average Bonchev–Trinajstić information content (AvgIpc) is 2.77. The van der Waals surface area contributed by atoms with Crippen molar-refractivity contribution in [3.8, 4) is 11.1 Å². The monoisotopic (exact) mass is 469 g/mol. The molecule has 3 saturated heterocycles. The molecule has 2 atom stereocenters. The lowest BCUT2D eigenvalue weighted by molar-refractivity contribution is 0.000879. The Balaban J connectivity index is 1.47. The molecule has 2 amide bonds. The number of nitrogens with zero attached hydrogens (tertiary/aromatic N) is 3. The van der Waals surface area contributed by atoms with Crippen molar-refractivity contribution in [1.29, 1.82) is 0 Å². The zero-order valence-electron chi connectivity index (χ0n) is 20.0. The number of anilines is 1. The highest BCUT2D eigenvalue weighted by atomic mass is 35.5. The van der Waals surface area contributed by atoms with Crippen molar-refractivity contribution in [1.82, 2.24) is 9.80 Å². The smallest absolute Gasteiger partial charge is 0.410 e. The van der Waals surface area contributed by atoms with E-state index in [-0.39, 0.29) is 18.0 Å². The number of carbonyl (C=O) groups excluding carboxylic acids is 2. The van der Waals surface area contributed by atoms with Gasteiger partial charge in [0.05, 0.1) is 16.6 Å². The number of halogens is 1. The van der Waals surface area contributed by atoms with Gasteiger partial charge in [-0.2, -0.15) is 0 Å². The standard InChI is InChI=1S/C26H32ClN3O3/c1-26(2,3)33-25(32)30-16-20-11-12-21(30)15-29(20)19-9-6-17(7-10-19)18-8-13-22(23(27)14-18)24(31)28(4)5/h6-10,13-14,20-21H,11-12,15-16H2,1-5H3. The summed E-state index contributed by atoms with van der Waals surface area (Å²) in [7, 11) is 3.43. The quantitative estimate of drug-likeness (QED) is 0.612. The molecule has 3 aliphatic rings. The highest BCUT2D eigenvalue weighted by Crippen LogP contribution is 2.35. The molecular weight excluding hydrogens is 438 g/mol. The Morgan fingerprint density at radius 3 is 2.15 bits per heavy atom. The van der Waals surface area contributed by atoms with E-state index in [1.54, 1.807) is 20.2 Å². The lowest BCUT2D eigenvalue weighted by Gasteiger charge is -2.52. The maximum absolute atomic E-state index is 12.6. The Morgan fingerprint density at radius 2 is 1.61 bits per heavy atom. The molecule has 6 nitrogen and oxygen atoms in total. The molecule has 33 heavy (non-hydrogen) atoms. The Hall–Kier alpha value is -2.73. The highest BCUT2D eigenvalue weighted by Gasteiger charge is 2.42. The third-order valence-electron chi connectivity index (χ3n) is 6.30. The number of fused-ring (bicyclic) bond motifs is 3. The zero-order chi connectivity index (χ0) is 23.9. The summed E-state index contributed by atoms with van der Waals surface area (Å²) in [4.78, 5) is 30.7. The van der Waals surface area contributed by atoms with Gasteiger partial charge in [-0.1, -0.05) is 29.8 Å². The summed E-state index contributed by atoms with van der Waals surface area (Å²) in [5, 5.41) is 0.450. The predicted molar refractivity (Wildman–Crippen MR) is 132 cm³/mol. The number of benzene rings is 2. The van der Waals surface area contributed by atoms with E-state index >= 15 is 0 Å². The maximum Gasteiger partial charge on any atom is 0.410 e. The number of piperazine rings is 1. The van der Waals surface area contributed by atoms with Gasteiger partial charge >= 0.3 is 6.09 Å². The normalized spacial score (nSPS) is 20.1. The average molecular weight is 470 g/mol. The first-order valence-corrected chi connectivity index (χ1v) is 11.8. The van der Waals surface area contributed by atoms with Crippen molar-refractivity contribution in [3.63, 3.8) is 0 Å². The van der Waals surface area contributed by atoms with Crippen LogP contribution in [0.15, 0.2) is 42.5 Å². The summed E-state index contributed by atoms with van der Waals surface area (Å²) in [6.07, 6.45) is 1.87. The van der Waals surface area contributed by atoms with Crippen LogP contribution in [0.25, 0.3) is 11.1 Å². The second-order valence-electron chi connectivity index (χ2n) is 10.1. The van der Waals surface area contributed by atoms with Crippen LogP contribution < -0.4 is 4.90 Å². The van der Waals surface area contributed by atoms with Gasteiger partial charge in [-0.3, -0.25) is 4.79 Å². The molecule has 3 heterocycles. The fourth-order valence-corrected chi connectivity index (χ4v) is 4.90. The molecule has 5 rings (SSSR count). The molecule has 2 aromatic rings. The van der Waals surface area contributed by atoms with Gasteiger partial charge in [0.2, 0.25) is 0 Å². The van der Waals surface area contributed by atoms with Gasteiger partial charge < -0.3 is 19.4 Å². The van der Waals surface area contributed by atoms with Crippen LogP contribution in [-0.4, -0.2) is 66.7 Å². The summed E-state index contributed by atoms with van der Waals surface area (Å²) in [5.41, 5.74) is 3.19. The summed E-state index contributed by atoms with van der Waals surface area (Å²) < 4.78 is 5.62. The molecule has 2 aromatic carbocycles. The predicted octanol–water partition coefficient (Wildman–Crippen LogP) is 5.30. The van der Waals surface area contributed by atoms with Crippen molar-refractivity contribution in [2.75, 3.05) is 32.1 Å². The second kappa shape index (κ2) is 8.90. The number of rotatable bonds is 3. The molecule has 2 unspecified atom stereocenters. The Kier molecular flexibility index (Phi) is 6.32. The van der Waals surface area contributed by atoms with E-state index < -0.39 is 5.60 Å². The van der Waals surface area contributed by atoms with Crippen molar-refractivity contribution >= 4 is 29.3 Å². The number of amides is 2. The summed E-state index contributed by atoms with van der Waals surface area (Å²) in [5.74, 6) is -0.109. The van der Waals surface area contributed by atoms with E-state index in [1.807, 2.05) is 37.8 Å². The summed E-state index contributed by atoms with van der Waals surface area (Å²) in [6.45, 7) is 7.22. The van der Waals surface area contributed by atoms with Gasteiger partial charge in [0.1, 0.15) is 5.60 Å². The van der Waals surface area contributed by atoms with Gasteiger partial charge in [-0.05, 0) is 69.0 Å². The molecule has 0 aromatic heterocycles. The van der Waals surface area contributed by atoms with Crippen LogP contribution in [0.4, 0.5) is 10.5 Å². The maximum atomic E-state index is 12.6. The lowest BCUT2D eigenvalue weighted by atomic mass is 9.90. The largest absolute Gasteiger partial charge is 0.444 e. The van der Waals surface area contributed by atoms with Crippen LogP contribution in [0.5, 0.6) is 0 Å². The van der Waals surface area contributed by atoms with E-state index in [2.05, 4.69) is 29.2 Å². The topological polar surface area (TPSA) is 53.1 Å². The van der Waals surface area contributed by atoms with Gasteiger partial charge in [-0.25, -0.2) is 4.79 Å². The van der Waals surface area contributed by atoms with Crippen LogP contribution in [0.2, 0.25) is 5.02 Å². The van der Waals surface area contributed by atoms with E-state index in [0.717, 1.165) is 36.2 Å². The number of ether oxygens (including phenoxy) is 1. The molecule has 0 radical (unpaired) electrons. The van der Waals surface area contributed by atoms with Gasteiger partial charge in [0, 0.05) is 38.9 Å². The number of hydrogen-bond acceptors (Lipinski definition) is 4. The minimum Gasteiger partial charge on any atom is -0.444 e. The molecule has 0 spiro atoms. The Bertz CT molecular complexity index is 1050. The van der Waals surface area contributed by atoms with Crippen molar-refractivity contribution in [2.24, 2.45) is 0 Å². The van der Waals surface area contributed by atoms with E-state index in [1.165, 1.54) is 4.90 Å². The van der Waals surface area contributed by atoms with Crippen LogP contribution >= 0.6 is 11.6 Å². The molecule has 176 valence electrons. The minimum atomic E-state index is -0.482. The van der Waals surface area contributed by atoms with E-state index in [0.29, 0.717) is 23.2 Å². The van der Waals surface area contributed by atoms with E-state index in [4.69, 9.17) is 16.3 Å². The number of piperidine rings is 2. The molecule has 0 saturated carbocycles. The van der Waals surface area contributed by atoms with Crippen LogP contribution in [0.3, 0.4) is 0 Å². The molecule has 0 N–H and O–H groups in total. The summed E-state index contributed by atoms with van der Waals surface area (Å²) >= 11 is 6.40. The molecular formula is C26H32ClN3O3. The van der Waals surface area contributed by atoms with Gasteiger partial charge in [0.25, 0.3) is 5.91 Å². The van der Waals surface area contributed by atoms with Crippen LogP contribution in [0, 0.1) is 0 Å². The van der Waals surface area contributed by atoms with Crippen LogP contribution in [0.1, 0.15) is 44.0 Å². The van der Waals surface area contributed by atoms with Crippen LogP contribution in [-0.2, 0) is 4.74 Å². The first-order chi connectivity index (χ1) is 15.5. The molecule has 7 heteroatoms. The Morgan fingerprint density at radius 1 is 0.970 bits per heavy atom. The van der Waals surface area contributed by atoms with Crippen molar-refractivity contribution in [3.05, 3.63) is 53.1 Å². The third-order valence-corrected chi connectivity index (χ3v) is 6.61. The number of carbonyl (C=O) groups is 2.